The van der Waals surface area contributed by atoms with Gasteiger partial charge in [0.15, 0.2) is 0 Å². The van der Waals surface area contributed by atoms with Gasteiger partial charge in [0.05, 0.1) is 0 Å². The third kappa shape index (κ3) is 3.90. The van der Waals surface area contributed by atoms with E-state index in [0.29, 0.717) is 10.8 Å². The van der Waals surface area contributed by atoms with Crippen LogP contribution in [0.5, 0.6) is 0 Å². The summed E-state index contributed by atoms with van der Waals surface area (Å²) in [5.74, 6) is 0.384. The second-order valence-electron chi connectivity index (χ2n) is 6.93. The van der Waals surface area contributed by atoms with Crippen LogP contribution < -0.4 is 10.7 Å². The first-order valence-corrected chi connectivity index (χ1v) is 10.6. The van der Waals surface area contributed by atoms with Crippen molar-refractivity contribution >= 4 is 29.3 Å². The van der Waals surface area contributed by atoms with Crippen molar-refractivity contribution in [3.05, 3.63) is 76.7 Å². The van der Waals surface area contributed by atoms with Crippen LogP contribution in [0.15, 0.2) is 65.2 Å². The zero-order chi connectivity index (χ0) is 19.7. The van der Waals surface area contributed by atoms with Gasteiger partial charge < -0.3 is 5.32 Å². The maximum atomic E-state index is 13.4. The number of hydrazine groups is 1. The number of thioether (sulfide) groups is 1. The summed E-state index contributed by atoms with van der Waals surface area (Å²) >= 11 is 7.59. The average molecular weight is 418 g/mol. The van der Waals surface area contributed by atoms with Gasteiger partial charge in [0.2, 0.25) is 0 Å². The monoisotopic (exact) mass is 417 g/mol. The lowest BCUT2D eigenvalue weighted by Crippen LogP contribution is -2.53. The van der Waals surface area contributed by atoms with Crippen LogP contribution in [0.4, 0.5) is 4.39 Å². The number of amides is 1. The van der Waals surface area contributed by atoms with Crippen molar-refractivity contribution < 1.29 is 9.18 Å². The molecule has 0 bridgehead atoms. The molecule has 4 nitrogen and oxygen atoms in total. The predicted octanol–water partition coefficient (Wildman–Crippen LogP) is 4.29. The van der Waals surface area contributed by atoms with Crippen molar-refractivity contribution in [2.45, 2.75) is 36.4 Å². The lowest BCUT2D eigenvalue weighted by Gasteiger charge is -2.33. The van der Waals surface area contributed by atoms with Gasteiger partial charge in [-0.25, -0.2) is 9.82 Å². The average Bonchev–Trinajstić information content (AvgIpc) is 3.07. The molecule has 0 radical (unpaired) electrons. The fourth-order valence-electron chi connectivity index (χ4n) is 3.75. The highest BCUT2D eigenvalue weighted by Crippen LogP contribution is 2.35. The quantitative estimate of drug-likeness (QED) is 0.712. The smallest absolute Gasteiger partial charge is 0.264 e. The molecular formula is C21H21ClFN3OS. The lowest BCUT2D eigenvalue weighted by atomic mass is 9.88. The van der Waals surface area contributed by atoms with Crippen molar-refractivity contribution in [3.8, 4) is 0 Å². The molecule has 0 aliphatic carbocycles. The van der Waals surface area contributed by atoms with Gasteiger partial charge in [-0.2, -0.15) is 0 Å². The highest BCUT2D eigenvalue weighted by atomic mass is 35.5. The molecule has 0 saturated carbocycles. The fourth-order valence-corrected chi connectivity index (χ4v) is 4.69. The molecule has 2 aromatic carbocycles. The van der Waals surface area contributed by atoms with E-state index in [4.69, 9.17) is 11.6 Å². The van der Waals surface area contributed by atoms with Crippen molar-refractivity contribution in [2.75, 3.05) is 5.75 Å². The Labute approximate surface area is 173 Å². The summed E-state index contributed by atoms with van der Waals surface area (Å²) < 4.78 is 13.4. The molecule has 2 aliphatic heterocycles. The van der Waals surface area contributed by atoms with Crippen LogP contribution in [0.2, 0.25) is 5.02 Å². The predicted molar refractivity (Wildman–Crippen MR) is 110 cm³/mol. The van der Waals surface area contributed by atoms with E-state index in [1.54, 1.807) is 35.0 Å². The number of benzene rings is 2. The van der Waals surface area contributed by atoms with E-state index < -0.39 is 0 Å². The Morgan fingerprint density at radius 3 is 2.54 bits per heavy atom. The number of halogens is 2. The third-order valence-corrected chi connectivity index (χ3v) is 6.44. The number of carbonyl (C=O) groups is 1. The van der Waals surface area contributed by atoms with Crippen molar-refractivity contribution in [1.82, 2.24) is 15.8 Å². The molecular weight excluding hydrogens is 397 g/mol. The van der Waals surface area contributed by atoms with E-state index in [0.717, 1.165) is 22.6 Å². The number of rotatable bonds is 5. The molecule has 0 spiro atoms. The molecule has 2 aromatic rings. The summed E-state index contributed by atoms with van der Waals surface area (Å²) in [5.41, 5.74) is 5.22. The van der Waals surface area contributed by atoms with E-state index in [1.165, 1.54) is 12.1 Å². The van der Waals surface area contributed by atoms with Gasteiger partial charge in [-0.1, -0.05) is 30.7 Å². The molecule has 146 valence electrons. The minimum Gasteiger partial charge on any atom is -0.366 e. The minimum atomic E-state index is -0.257. The highest BCUT2D eigenvalue weighted by molar-refractivity contribution is 7.99. The van der Waals surface area contributed by atoms with Gasteiger partial charge >= 0.3 is 0 Å². The van der Waals surface area contributed by atoms with Gasteiger partial charge in [-0.3, -0.25) is 9.80 Å². The summed E-state index contributed by atoms with van der Waals surface area (Å²) in [4.78, 5) is 13.8. The van der Waals surface area contributed by atoms with Crippen molar-refractivity contribution in [3.63, 3.8) is 0 Å². The van der Waals surface area contributed by atoms with Crippen molar-refractivity contribution in [2.24, 2.45) is 0 Å². The first-order chi connectivity index (χ1) is 13.5. The molecule has 2 aliphatic rings. The van der Waals surface area contributed by atoms with E-state index in [9.17, 15) is 9.18 Å². The van der Waals surface area contributed by atoms with Crippen LogP contribution in [0.25, 0.3) is 0 Å². The van der Waals surface area contributed by atoms with Crippen LogP contribution in [0.3, 0.4) is 0 Å². The number of fused-ring (bicyclic) bond motifs is 1. The number of carbonyl (C=O) groups excluding carboxylic acids is 1. The molecule has 3 atom stereocenters. The first-order valence-electron chi connectivity index (χ1n) is 9.25. The second-order valence-corrected chi connectivity index (χ2v) is 8.42. The Kier molecular flexibility index (Phi) is 5.62. The summed E-state index contributed by atoms with van der Waals surface area (Å²) in [6.07, 6.45) is 2.30. The normalized spacial score (nSPS) is 24.0. The Hall–Kier alpha value is -2.02. The van der Waals surface area contributed by atoms with E-state index in [-0.39, 0.29) is 29.8 Å². The molecule has 1 fully saturated rings. The lowest BCUT2D eigenvalue weighted by molar-refractivity contribution is -0.131. The van der Waals surface area contributed by atoms with Crippen LogP contribution in [-0.4, -0.2) is 28.9 Å². The van der Waals surface area contributed by atoms with E-state index in [1.807, 2.05) is 24.3 Å². The van der Waals surface area contributed by atoms with E-state index in [2.05, 4.69) is 17.7 Å². The minimum absolute atomic E-state index is 0.0405. The Morgan fingerprint density at radius 1 is 1.14 bits per heavy atom. The molecule has 4 rings (SSSR count). The van der Waals surface area contributed by atoms with Crippen LogP contribution in [-0.2, 0) is 4.79 Å². The standard InChI is InChI=1S/C21H21ClFN3OS/c1-2-18-20(13-3-7-15(23)8-4-13)21-24-16(11-19(27)26(21)25-18)12-28-17-9-5-14(22)6-10-17/h3-11,18,20-21,24-25H,2,12H2,1H3. The molecule has 3 unspecified atom stereocenters. The third-order valence-electron chi connectivity index (χ3n) is 5.13. The molecule has 1 saturated heterocycles. The topological polar surface area (TPSA) is 44.4 Å². The highest BCUT2D eigenvalue weighted by Gasteiger charge is 2.45. The summed E-state index contributed by atoms with van der Waals surface area (Å²) in [6.45, 7) is 2.09. The summed E-state index contributed by atoms with van der Waals surface area (Å²) in [5, 5.41) is 5.89. The van der Waals surface area contributed by atoms with Crippen molar-refractivity contribution in [1.29, 1.82) is 0 Å². The van der Waals surface area contributed by atoms with Crippen LogP contribution in [0, 0.1) is 5.82 Å². The number of hydrogen-bond donors (Lipinski definition) is 2. The number of nitrogens with one attached hydrogen (secondary N) is 2. The molecule has 1 amide bonds. The van der Waals surface area contributed by atoms with Gasteiger partial charge in [-0.15, -0.1) is 11.8 Å². The SMILES string of the molecule is CCC1NN2C(=O)C=C(CSc3ccc(Cl)cc3)NC2C1c1ccc(F)cc1. The van der Waals surface area contributed by atoms with Gasteiger partial charge in [0.1, 0.15) is 12.0 Å². The Bertz CT molecular complexity index is 888. The molecule has 0 aromatic heterocycles. The van der Waals surface area contributed by atoms with Crippen LogP contribution >= 0.6 is 23.4 Å². The number of nitrogens with zero attached hydrogens (tertiary/aromatic N) is 1. The van der Waals surface area contributed by atoms with Gasteiger partial charge in [0.25, 0.3) is 5.91 Å². The summed E-state index contributed by atoms with van der Waals surface area (Å²) in [7, 11) is 0. The van der Waals surface area contributed by atoms with Gasteiger partial charge in [0, 0.05) is 39.4 Å². The largest absolute Gasteiger partial charge is 0.366 e. The maximum absolute atomic E-state index is 13.4. The number of hydrogen-bond acceptors (Lipinski definition) is 4. The molecule has 28 heavy (non-hydrogen) atoms. The molecule has 7 heteroatoms. The summed E-state index contributed by atoms with van der Waals surface area (Å²) in [6, 6.07) is 14.3. The molecule has 2 heterocycles. The van der Waals surface area contributed by atoms with Gasteiger partial charge in [-0.05, 0) is 48.4 Å². The first kappa shape index (κ1) is 19.3. The second kappa shape index (κ2) is 8.15. The fraction of sp³-hybridized carbons (Fsp3) is 0.286. The maximum Gasteiger partial charge on any atom is 0.264 e. The zero-order valence-electron chi connectivity index (χ0n) is 15.4. The Morgan fingerprint density at radius 2 is 1.86 bits per heavy atom. The Balaban J connectivity index is 1.53. The van der Waals surface area contributed by atoms with E-state index >= 15 is 0 Å². The molecule has 2 N–H and O–H groups in total. The van der Waals surface area contributed by atoms with Crippen LogP contribution in [0.1, 0.15) is 24.8 Å². The zero-order valence-corrected chi connectivity index (χ0v) is 16.9.